The average Bonchev–Trinajstić information content (AvgIpc) is 3.09. The molecule has 1 atom stereocenters. The summed E-state index contributed by atoms with van der Waals surface area (Å²) in [6, 6.07) is 4.40. The van der Waals surface area contributed by atoms with E-state index in [-0.39, 0.29) is 11.3 Å². The van der Waals surface area contributed by atoms with Gasteiger partial charge in [0.15, 0.2) is 11.6 Å². The van der Waals surface area contributed by atoms with Crippen molar-refractivity contribution in [1.82, 2.24) is 9.80 Å². The van der Waals surface area contributed by atoms with Crippen LogP contribution in [0.1, 0.15) is 50.5 Å². The second-order valence-corrected chi connectivity index (χ2v) is 8.48. The molecule has 0 aromatic heterocycles. The number of rotatable bonds is 3. The summed E-state index contributed by atoms with van der Waals surface area (Å²) in [6.45, 7) is 3.80. The number of amides is 1. The van der Waals surface area contributed by atoms with Crippen LogP contribution in [-0.2, 0) is 11.3 Å². The zero-order valence-corrected chi connectivity index (χ0v) is 15.9. The first kappa shape index (κ1) is 18.6. The molecule has 2 saturated heterocycles. The molecule has 2 fully saturated rings. The first-order chi connectivity index (χ1) is 13.1. The standard InChI is InChI=1S/C22H28F2N2O/c23-19-9-4-8-18(20(19)24)14-25-12-5-10-22(15-25)11-13-26(16-22)21(27)17-6-2-1-3-7-17/h4,6,8-9H,1-3,5,7,10-16H2. The molecule has 27 heavy (non-hydrogen) atoms. The lowest BCUT2D eigenvalue weighted by Crippen LogP contribution is -2.45. The van der Waals surface area contributed by atoms with Crippen LogP contribution in [0.5, 0.6) is 0 Å². The van der Waals surface area contributed by atoms with E-state index < -0.39 is 11.6 Å². The Morgan fingerprint density at radius 1 is 1.07 bits per heavy atom. The number of piperidine rings is 1. The molecule has 1 aromatic rings. The number of hydrogen-bond donors (Lipinski definition) is 0. The molecule has 146 valence electrons. The summed E-state index contributed by atoms with van der Waals surface area (Å²) in [6.07, 6.45) is 9.51. The van der Waals surface area contributed by atoms with Gasteiger partial charge < -0.3 is 4.90 Å². The Kier molecular flexibility index (Phi) is 5.31. The summed E-state index contributed by atoms with van der Waals surface area (Å²) in [7, 11) is 0. The molecule has 1 unspecified atom stereocenters. The highest BCUT2D eigenvalue weighted by molar-refractivity contribution is 5.93. The highest BCUT2D eigenvalue weighted by Crippen LogP contribution is 2.40. The molecule has 3 aliphatic rings. The maximum atomic E-state index is 14.0. The zero-order valence-electron chi connectivity index (χ0n) is 15.9. The molecule has 0 N–H and O–H groups in total. The third-order valence-corrected chi connectivity index (χ3v) is 6.46. The van der Waals surface area contributed by atoms with Gasteiger partial charge in [0.1, 0.15) is 0 Å². The molecule has 2 heterocycles. The Bertz CT molecular complexity index is 748. The highest BCUT2D eigenvalue weighted by Gasteiger charge is 2.43. The van der Waals surface area contributed by atoms with Crippen LogP contribution in [0.4, 0.5) is 8.78 Å². The van der Waals surface area contributed by atoms with Crippen molar-refractivity contribution in [3.05, 3.63) is 47.0 Å². The quantitative estimate of drug-likeness (QED) is 0.788. The van der Waals surface area contributed by atoms with Crippen LogP contribution in [0.3, 0.4) is 0 Å². The maximum absolute atomic E-state index is 14.0. The van der Waals surface area contributed by atoms with Crippen LogP contribution in [0.2, 0.25) is 0 Å². The van der Waals surface area contributed by atoms with Gasteiger partial charge in [-0.25, -0.2) is 8.78 Å². The van der Waals surface area contributed by atoms with Gasteiger partial charge >= 0.3 is 0 Å². The smallest absolute Gasteiger partial charge is 0.249 e. The van der Waals surface area contributed by atoms with Crippen molar-refractivity contribution >= 4 is 5.91 Å². The second kappa shape index (κ2) is 7.70. The summed E-state index contributed by atoms with van der Waals surface area (Å²) in [5.74, 6) is -1.29. The lowest BCUT2D eigenvalue weighted by Gasteiger charge is -2.40. The number of nitrogens with zero attached hydrogens (tertiary/aromatic N) is 2. The Morgan fingerprint density at radius 2 is 1.96 bits per heavy atom. The SMILES string of the molecule is O=C(C1=CCCCC1)N1CCC2(CCCN(Cc3cccc(F)c3F)C2)C1. The topological polar surface area (TPSA) is 23.6 Å². The lowest BCUT2D eigenvalue weighted by atomic mass is 9.79. The fraction of sp³-hybridized carbons (Fsp3) is 0.591. The fourth-order valence-electron chi connectivity index (χ4n) is 5.03. The summed E-state index contributed by atoms with van der Waals surface area (Å²) in [4.78, 5) is 17.1. The van der Waals surface area contributed by atoms with Crippen molar-refractivity contribution < 1.29 is 13.6 Å². The molecule has 3 nitrogen and oxygen atoms in total. The van der Waals surface area contributed by atoms with Crippen molar-refractivity contribution in [2.75, 3.05) is 26.2 Å². The minimum Gasteiger partial charge on any atom is -0.338 e. The molecule has 0 bridgehead atoms. The Labute approximate surface area is 160 Å². The third-order valence-electron chi connectivity index (χ3n) is 6.46. The first-order valence-electron chi connectivity index (χ1n) is 10.2. The van der Waals surface area contributed by atoms with E-state index in [4.69, 9.17) is 0 Å². The lowest BCUT2D eigenvalue weighted by molar-refractivity contribution is -0.127. The van der Waals surface area contributed by atoms with Crippen LogP contribution in [0, 0.1) is 17.0 Å². The van der Waals surface area contributed by atoms with Crippen molar-refractivity contribution in [3.8, 4) is 0 Å². The summed E-state index contributed by atoms with van der Waals surface area (Å²) >= 11 is 0. The van der Waals surface area contributed by atoms with E-state index in [2.05, 4.69) is 11.0 Å². The van der Waals surface area contributed by atoms with Gasteiger partial charge in [-0.3, -0.25) is 9.69 Å². The summed E-state index contributed by atoms with van der Waals surface area (Å²) < 4.78 is 27.5. The summed E-state index contributed by atoms with van der Waals surface area (Å²) in [5, 5.41) is 0. The van der Waals surface area contributed by atoms with E-state index in [0.29, 0.717) is 12.1 Å². The predicted molar refractivity (Wildman–Crippen MR) is 101 cm³/mol. The van der Waals surface area contributed by atoms with Gasteiger partial charge in [-0.05, 0) is 57.6 Å². The number of allylic oxidation sites excluding steroid dienone is 1. The number of hydrogen-bond acceptors (Lipinski definition) is 2. The largest absolute Gasteiger partial charge is 0.338 e. The van der Waals surface area contributed by atoms with Crippen LogP contribution < -0.4 is 0 Å². The van der Waals surface area contributed by atoms with Crippen molar-refractivity contribution in [3.63, 3.8) is 0 Å². The molecule has 5 heteroatoms. The van der Waals surface area contributed by atoms with Gasteiger partial charge in [0.05, 0.1) is 0 Å². The molecule has 4 rings (SSSR count). The first-order valence-corrected chi connectivity index (χ1v) is 10.2. The normalized spacial score (nSPS) is 26.4. The highest BCUT2D eigenvalue weighted by atomic mass is 19.2. The monoisotopic (exact) mass is 374 g/mol. The minimum atomic E-state index is -0.780. The summed E-state index contributed by atoms with van der Waals surface area (Å²) in [5.41, 5.74) is 1.52. The number of halogens is 2. The molecule has 1 aliphatic carbocycles. The molecule has 0 saturated carbocycles. The van der Waals surface area contributed by atoms with E-state index in [0.717, 1.165) is 76.3 Å². The van der Waals surface area contributed by atoms with E-state index in [1.807, 2.05) is 4.90 Å². The maximum Gasteiger partial charge on any atom is 0.249 e. The molecular weight excluding hydrogens is 346 g/mol. The van der Waals surface area contributed by atoms with E-state index in [9.17, 15) is 13.6 Å². The number of carbonyl (C=O) groups excluding carboxylic acids is 1. The zero-order chi connectivity index (χ0) is 18.9. The number of likely N-dealkylation sites (tertiary alicyclic amines) is 2. The third kappa shape index (κ3) is 3.93. The minimum absolute atomic E-state index is 0.104. The van der Waals surface area contributed by atoms with Gasteiger partial charge in [0.25, 0.3) is 0 Å². The fourth-order valence-corrected chi connectivity index (χ4v) is 5.03. The van der Waals surface area contributed by atoms with Gasteiger partial charge in [-0.1, -0.05) is 18.2 Å². The number of benzene rings is 1. The van der Waals surface area contributed by atoms with Gasteiger partial charge in [-0.2, -0.15) is 0 Å². The molecule has 1 spiro atoms. The molecule has 2 aliphatic heterocycles. The molecular formula is C22H28F2N2O. The van der Waals surface area contributed by atoms with Crippen LogP contribution in [0.25, 0.3) is 0 Å². The van der Waals surface area contributed by atoms with Crippen molar-refractivity contribution in [2.24, 2.45) is 5.41 Å². The van der Waals surface area contributed by atoms with Crippen LogP contribution >= 0.6 is 0 Å². The Balaban J connectivity index is 1.41. The van der Waals surface area contributed by atoms with Crippen molar-refractivity contribution in [1.29, 1.82) is 0 Å². The predicted octanol–water partition coefficient (Wildman–Crippen LogP) is 4.28. The molecule has 1 amide bonds. The van der Waals surface area contributed by atoms with E-state index in [1.165, 1.54) is 6.42 Å². The van der Waals surface area contributed by atoms with Crippen LogP contribution in [0.15, 0.2) is 29.8 Å². The van der Waals surface area contributed by atoms with Gasteiger partial charge in [-0.15, -0.1) is 0 Å². The van der Waals surface area contributed by atoms with E-state index >= 15 is 0 Å². The second-order valence-electron chi connectivity index (χ2n) is 8.48. The van der Waals surface area contributed by atoms with Crippen molar-refractivity contribution in [2.45, 2.75) is 51.5 Å². The van der Waals surface area contributed by atoms with Gasteiger partial charge in [0, 0.05) is 42.7 Å². The average molecular weight is 374 g/mol. The molecule has 1 aromatic carbocycles. The Morgan fingerprint density at radius 3 is 2.78 bits per heavy atom. The van der Waals surface area contributed by atoms with Crippen LogP contribution in [-0.4, -0.2) is 41.9 Å². The van der Waals surface area contributed by atoms with E-state index in [1.54, 1.807) is 12.1 Å². The Hall–Kier alpha value is -1.75. The number of carbonyl (C=O) groups is 1. The molecule has 0 radical (unpaired) electrons. The van der Waals surface area contributed by atoms with Gasteiger partial charge in [0.2, 0.25) is 5.91 Å².